The van der Waals surface area contributed by atoms with Gasteiger partial charge in [0.2, 0.25) is 5.82 Å². The van der Waals surface area contributed by atoms with Crippen molar-refractivity contribution in [3.8, 4) is 11.3 Å². The highest BCUT2D eigenvalue weighted by molar-refractivity contribution is 5.85. The Kier molecular flexibility index (Phi) is 2.28. The molecule has 0 aliphatic carbocycles. The van der Waals surface area contributed by atoms with Gasteiger partial charge in [0, 0.05) is 12.6 Å². The SMILES string of the molecule is Cn1c(=O)oc2cc(-c3cnc(C(=O)O)[nH]3)ccc21. The molecular weight excluding hydrogens is 250 g/mol. The molecular formula is C12H9N3O4. The smallest absolute Gasteiger partial charge is 0.419 e. The van der Waals surface area contributed by atoms with E-state index in [1.807, 2.05) is 0 Å². The van der Waals surface area contributed by atoms with Crippen molar-refractivity contribution in [2.24, 2.45) is 7.05 Å². The fourth-order valence-electron chi connectivity index (χ4n) is 1.88. The largest absolute Gasteiger partial charge is 0.475 e. The Morgan fingerprint density at radius 3 is 2.95 bits per heavy atom. The van der Waals surface area contributed by atoms with Crippen molar-refractivity contribution in [1.29, 1.82) is 0 Å². The summed E-state index contributed by atoms with van der Waals surface area (Å²) in [6.45, 7) is 0. The Hall–Kier alpha value is -2.83. The van der Waals surface area contributed by atoms with Gasteiger partial charge in [-0.15, -0.1) is 0 Å². The molecule has 0 aliphatic heterocycles. The number of nitrogens with one attached hydrogen (secondary N) is 1. The van der Waals surface area contributed by atoms with E-state index < -0.39 is 11.7 Å². The molecule has 2 aromatic heterocycles. The minimum absolute atomic E-state index is 0.135. The summed E-state index contributed by atoms with van der Waals surface area (Å²) in [4.78, 5) is 28.5. The lowest BCUT2D eigenvalue weighted by Crippen LogP contribution is -2.08. The lowest BCUT2D eigenvalue weighted by Gasteiger charge is -1.97. The number of carboxylic acids is 1. The minimum atomic E-state index is -1.13. The maximum Gasteiger partial charge on any atom is 0.419 e. The number of carboxylic acid groups (broad SMARTS) is 1. The van der Waals surface area contributed by atoms with Crippen LogP contribution in [0.2, 0.25) is 0 Å². The number of hydrogen-bond acceptors (Lipinski definition) is 4. The van der Waals surface area contributed by atoms with Crippen LogP contribution in [0.3, 0.4) is 0 Å². The second-order valence-electron chi connectivity index (χ2n) is 4.06. The van der Waals surface area contributed by atoms with Crippen molar-refractivity contribution >= 4 is 17.1 Å². The molecule has 96 valence electrons. The number of aromatic amines is 1. The average molecular weight is 259 g/mol. The number of benzene rings is 1. The minimum Gasteiger partial charge on any atom is -0.475 e. The summed E-state index contributed by atoms with van der Waals surface area (Å²) in [5, 5.41) is 8.80. The van der Waals surface area contributed by atoms with Gasteiger partial charge in [0.1, 0.15) is 0 Å². The zero-order valence-electron chi connectivity index (χ0n) is 9.88. The molecule has 3 rings (SSSR count). The molecule has 0 unspecified atom stereocenters. The van der Waals surface area contributed by atoms with Crippen LogP contribution in [0, 0.1) is 0 Å². The normalized spacial score (nSPS) is 11.0. The molecule has 7 nitrogen and oxygen atoms in total. The summed E-state index contributed by atoms with van der Waals surface area (Å²) in [5.41, 5.74) is 2.36. The van der Waals surface area contributed by atoms with Crippen LogP contribution in [0.1, 0.15) is 10.6 Å². The maximum absolute atomic E-state index is 11.4. The first-order valence-corrected chi connectivity index (χ1v) is 5.44. The van der Waals surface area contributed by atoms with E-state index in [4.69, 9.17) is 9.52 Å². The van der Waals surface area contributed by atoms with Gasteiger partial charge < -0.3 is 14.5 Å². The van der Waals surface area contributed by atoms with E-state index in [-0.39, 0.29) is 5.82 Å². The average Bonchev–Trinajstić information content (AvgIpc) is 2.96. The van der Waals surface area contributed by atoms with Gasteiger partial charge in [0.15, 0.2) is 5.58 Å². The lowest BCUT2D eigenvalue weighted by atomic mass is 10.1. The fraction of sp³-hybridized carbons (Fsp3) is 0.0833. The third-order valence-electron chi connectivity index (χ3n) is 2.88. The van der Waals surface area contributed by atoms with E-state index in [1.54, 1.807) is 25.2 Å². The molecule has 0 saturated carbocycles. The van der Waals surface area contributed by atoms with E-state index in [9.17, 15) is 9.59 Å². The molecule has 3 aromatic rings. The molecule has 19 heavy (non-hydrogen) atoms. The van der Waals surface area contributed by atoms with Crippen LogP contribution in [0.5, 0.6) is 0 Å². The van der Waals surface area contributed by atoms with Gasteiger partial charge in [-0.1, -0.05) is 6.07 Å². The van der Waals surface area contributed by atoms with Gasteiger partial charge in [-0.3, -0.25) is 4.57 Å². The number of rotatable bonds is 2. The van der Waals surface area contributed by atoms with Crippen LogP contribution in [0.25, 0.3) is 22.4 Å². The van der Waals surface area contributed by atoms with Crippen molar-refractivity contribution < 1.29 is 14.3 Å². The first kappa shape index (κ1) is 11.3. The molecule has 1 aromatic carbocycles. The molecule has 0 amide bonds. The highest BCUT2D eigenvalue weighted by Crippen LogP contribution is 2.22. The summed E-state index contributed by atoms with van der Waals surface area (Å²) in [6, 6.07) is 5.16. The zero-order chi connectivity index (χ0) is 13.6. The standard InChI is InChI=1S/C12H9N3O4/c1-15-8-3-2-6(4-9(8)19-12(15)18)7-5-13-10(14-7)11(16)17/h2-5H,1H3,(H,13,14)(H,16,17). The number of fused-ring (bicyclic) bond motifs is 1. The van der Waals surface area contributed by atoms with E-state index >= 15 is 0 Å². The van der Waals surface area contributed by atoms with Gasteiger partial charge >= 0.3 is 11.7 Å². The summed E-state index contributed by atoms with van der Waals surface area (Å²) < 4.78 is 6.47. The number of aromatic nitrogens is 3. The highest BCUT2D eigenvalue weighted by Gasteiger charge is 2.11. The molecule has 0 saturated heterocycles. The first-order valence-electron chi connectivity index (χ1n) is 5.44. The Morgan fingerprint density at radius 2 is 2.26 bits per heavy atom. The molecule has 0 aliphatic rings. The van der Waals surface area contributed by atoms with Gasteiger partial charge in [0.05, 0.1) is 17.4 Å². The van der Waals surface area contributed by atoms with E-state index in [0.717, 1.165) is 0 Å². The molecule has 0 atom stereocenters. The maximum atomic E-state index is 11.4. The first-order chi connectivity index (χ1) is 9.06. The number of aryl methyl sites for hydroxylation is 1. The lowest BCUT2D eigenvalue weighted by molar-refractivity contribution is 0.0685. The van der Waals surface area contributed by atoms with E-state index in [0.29, 0.717) is 22.4 Å². The predicted octanol–water partition coefficient (Wildman–Crippen LogP) is 1.22. The molecule has 2 heterocycles. The summed E-state index contributed by atoms with van der Waals surface area (Å²) in [6.07, 6.45) is 1.42. The Balaban J connectivity index is 2.14. The number of nitrogens with zero attached hydrogens (tertiary/aromatic N) is 2. The Morgan fingerprint density at radius 1 is 1.47 bits per heavy atom. The van der Waals surface area contributed by atoms with Crippen LogP contribution in [0.4, 0.5) is 0 Å². The molecule has 2 N–H and O–H groups in total. The second-order valence-corrected chi connectivity index (χ2v) is 4.06. The molecule has 0 bridgehead atoms. The van der Waals surface area contributed by atoms with Crippen LogP contribution < -0.4 is 5.76 Å². The fourth-order valence-corrected chi connectivity index (χ4v) is 1.88. The predicted molar refractivity (Wildman–Crippen MR) is 66.0 cm³/mol. The molecule has 0 fully saturated rings. The number of imidazole rings is 1. The summed E-state index contributed by atoms with van der Waals surface area (Å²) in [7, 11) is 1.62. The molecule has 0 radical (unpaired) electrons. The van der Waals surface area contributed by atoms with E-state index in [1.165, 1.54) is 10.8 Å². The number of hydrogen-bond donors (Lipinski definition) is 2. The van der Waals surface area contributed by atoms with Crippen LogP contribution >= 0.6 is 0 Å². The summed E-state index contributed by atoms with van der Waals surface area (Å²) in [5.74, 6) is -1.70. The van der Waals surface area contributed by atoms with Crippen LogP contribution in [0.15, 0.2) is 33.6 Å². The molecule has 7 heteroatoms. The Labute approximate surface area is 106 Å². The van der Waals surface area contributed by atoms with Crippen molar-refractivity contribution in [3.63, 3.8) is 0 Å². The second kappa shape index (κ2) is 3.84. The highest BCUT2D eigenvalue weighted by atomic mass is 16.4. The third-order valence-corrected chi connectivity index (χ3v) is 2.88. The van der Waals surface area contributed by atoms with Gasteiger partial charge in [0.25, 0.3) is 0 Å². The van der Waals surface area contributed by atoms with Gasteiger partial charge in [-0.2, -0.15) is 0 Å². The number of carbonyl (C=O) groups is 1. The van der Waals surface area contributed by atoms with E-state index in [2.05, 4.69) is 9.97 Å². The van der Waals surface area contributed by atoms with Gasteiger partial charge in [-0.25, -0.2) is 14.6 Å². The van der Waals surface area contributed by atoms with Crippen LogP contribution in [-0.4, -0.2) is 25.6 Å². The van der Waals surface area contributed by atoms with Crippen molar-refractivity contribution in [2.45, 2.75) is 0 Å². The zero-order valence-corrected chi connectivity index (χ0v) is 9.88. The van der Waals surface area contributed by atoms with Gasteiger partial charge in [-0.05, 0) is 12.1 Å². The van der Waals surface area contributed by atoms with Crippen molar-refractivity contribution in [2.75, 3.05) is 0 Å². The third kappa shape index (κ3) is 1.71. The van der Waals surface area contributed by atoms with Crippen molar-refractivity contribution in [3.05, 3.63) is 40.8 Å². The van der Waals surface area contributed by atoms with Crippen LogP contribution in [-0.2, 0) is 7.05 Å². The number of oxazole rings is 1. The quantitative estimate of drug-likeness (QED) is 0.720. The summed E-state index contributed by atoms with van der Waals surface area (Å²) >= 11 is 0. The topological polar surface area (TPSA) is 101 Å². The van der Waals surface area contributed by atoms with Crippen molar-refractivity contribution in [1.82, 2.24) is 14.5 Å². The monoisotopic (exact) mass is 259 g/mol. The number of aromatic carboxylic acids is 1. The Bertz CT molecular complexity index is 840. The molecule has 0 spiro atoms. The number of H-pyrrole nitrogens is 1.